The molecule has 1 heterocycles. The minimum absolute atomic E-state index is 1.08. The molecule has 9 aromatic rings. The molecular weight excluding hydrogens is 667 g/mol. The van der Waals surface area contributed by atoms with E-state index in [1.165, 1.54) is 21.5 Å². The van der Waals surface area contributed by atoms with Crippen LogP contribution in [-0.2, 0) is 0 Å². The minimum Gasteiger partial charge on any atom is -0.310 e. The molecule has 0 fully saturated rings. The topological polar surface area (TPSA) is 9.72 Å². The van der Waals surface area contributed by atoms with Gasteiger partial charge in [-0.25, -0.2) is 0 Å². The van der Waals surface area contributed by atoms with E-state index in [1.54, 1.807) is 0 Å². The van der Waals surface area contributed by atoms with Gasteiger partial charge in [-0.3, -0.25) is 0 Å². The molecule has 0 spiro atoms. The van der Waals surface area contributed by atoms with Crippen molar-refractivity contribution in [2.24, 2.45) is 0 Å². The zero-order valence-electron chi connectivity index (χ0n) is 30.2. The summed E-state index contributed by atoms with van der Waals surface area (Å²) in [5.74, 6) is 0. The van der Waals surface area contributed by atoms with Crippen molar-refractivity contribution in [1.82, 2.24) is 0 Å². The molecule has 0 aromatic heterocycles. The highest BCUT2D eigenvalue weighted by atomic mass is 15.2. The summed E-state index contributed by atoms with van der Waals surface area (Å²) in [7, 11) is 0. The Hall–Kier alpha value is -7.36. The van der Waals surface area contributed by atoms with E-state index in [4.69, 9.17) is 0 Å². The van der Waals surface area contributed by atoms with Crippen LogP contribution in [-0.4, -0.2) is 0 Å². The van der Waals surface area contributed by atoms with Crippen LogP contribution in [0.2, 0.25) is 0 Å². The van der Waals surface area contributed by atoms with Gasteiger partial charge in [0.25, 0.3) is 0 Å². The van der Waals surface area contributed by atoms with Crippen LogP contribution in [0.4, 0.5) is 51.2 Å². The highest BCUT2D eigenvalue weighted by molar-refractivity contribution is 5.98. The Labute approximate surface area is 321 Å². The van der Waals surface area contributed by atoms with Gasteiger partial charge in [-0.15, -0.1) is 0 Å². The summed E-state index contributed by atoms with van der Waals surface area (Å²) < 4.78 is 0. The molecule has 9 aromatic carbocycles. The molecule has 1 aliphatic heterocycles. The van der Waals surface area contributed by atoms with Crippen molar-refractivity contribution in [2.75, 3.05) is 14.7 Å². The molecule has 0 amide bonds. The first-order valence-electron chi connectivity index (χ1n) is 18.8. The first-order valence-corrected chi connectivity index (χ1v) is 18.8. The van der Waals surface area contributed by atoms with Gasteiger partial charge in [0.1, 0.15) is 0 Å². The van der Waals surface area contributed by atoms with Crippen molar-refractivity contribution < 1.29 is 0 Å². The Bertz CT molecular complexity index is 2650. The Morgan fingerprint density at radius 2 is 0.636 bits per heavy atom. The zero-order chi connectivity index (χ0) is 36.6. The average molecular weight is 704 g/mol. The molecule has 0 atom stereocenters. The smallest absolute Gasteiger partial charge is 0.0555 e. The molecular formula is C52H37N3. The molecule has 0 unspecified atom stereocenters. The maximum atomic E-state index is 2.42. The van der Waals surface area contributed by atoms with Crippen molar-refractivity contribution in [1.29, 1.82) is 0 Å². The zero-order valence-corrected chi connectivity index (χ0v) is 30.2. The van der Waals surface area contributed by atoms with E-state index in [9.17, 15) is 0 Å². The summed E-state index contributed by atoms with van der Waals surface area (Å²) in [5, 5.41) is 4.87. The van der Waals surface area contributed by atoms with Gasteiger partial charge >= 0.3 is 0 Å². The highest BCUT2D eigenvalue weighted by Gasteiger charge is 2.24. The predicted octanol–water partition coefficient (Wildman–Crippen LogP) is 14.9. The number of para-hydroxylation sites is 3. The lowest BCUT2D eigenvalue weighted by molar-refractivity contribution is 1.23. The summed E-state index contributed by atoms with van der Waals surface area (Å²) >= 11 is 0. The standard InChI is InChI=1S/C52H37N3/c1-4-18-44(19-5-1)53(47-30-26-38-14-10-12-16-42(38)34-47)49-32-28-40-24-25-41-29-33-50(37-52(41)55(51(40)36-49)46-22-8-3-9-23-46)54(45-20-6-2-7-21-45)48-31-27-39-15-11-13-17-43(39)35-48/h1-37H. The lowest BCUT2D eigenvalue weighted by Crippen LogP contribution is -2.15. The van der Waals surface area contributed by atoms with Gasteiger partial charge in [-0.1, -0.05) is 140 Å². The first-order chi connectivity index (χ1) is 27.3. The maximum Gasteiger partial charge on any atom is 0.0555 e. The summed E-state index contributed by atoms with van der Waals surface area (Å²) in [4.78, 5) is 7.14. The fourth-order valence-electron chi connectivity index (χ4n) is 7.86. The number of rotatable bonds is 7. The molecule has 3 heteroatoms. The van der Waals surface area contributed by atoms with Gasteiger partial charge in [0, 0.05) is 39.8 Å². The van der Waals surface area contributed by atoms with E-state index >= 15 is 0 Å². The van der Waals surface area contributed by atoms with Crippen LogP contribution < -0.4 is 14.7 Å². The van der Waals surface area contributed by atoms with Crippen molar-refractivity contribution in [3.8, 4) is 0 Å². The van der Waals surface area contributed by atoms with Crippen molar-refractivity contribution in [3.63, 3.8) is 0 Å². The number of hydrogen-bond donors (Lipinski definition) is 0. The molecule has 0 radical (unpaired) electrons. The average Bonchev–Trinajstić information content (AvgIpc) is 3.41. The molecule has 0 bridgehead atoms. The van der Waals surface area contributed by atoms with E-state index < -0.39 is 0 Å². The predicted molar refractivity (Wildman–Crippen MR) is 234 cm³/mol. The van der Waals surface area contributed by atoms with Crippen LogP contribution in [0.15, 0.2) is 212 Å². The van der Waals surface area contributed by atoms with Crippen LogP contribution >= 0.6 is 0 Å². The summed E-state index contributed by atoms with van der Waals surface area (Å²) in [6.45, 7) is 0. The molecule has 55 heavy (non-hydrogen) atoms. The van der Waals surface area contributed by atoms with Gasteiger partial charge in [-0.05, 0) is 118 Å². The normalized spacial score (nSPS) is 11.9. The van der Waals surface area contributed by atoms with Crippen molar-refractivity contribution >= 4 is 84.9 Å². The Morgan fingerprint density at radius 3 is 1.09 bits per heavy atom. The summed E-state index contributed by atoms with van der Waals surface area (Å²) in [6, 6.07) is 76.3. The first kappa shape index (κ1) is 32.3. The van der Waals surface area contributed by atoms with Crippen LogP contribution in [0, 0.1) is 0 Å². The van der Waals surface area contributed by atoms with Crippen molar-refractivity contribution in [3.05, 3.63) is 223 Å². The minimum atomic E-state index is 1.08. The maximum absolute atomic E-state index is 2.42. The molecule has 3 nitrogen and oxygen atoms in total. The van der Waals surface area contributed by atoms with E-state index in [1.807, 2.05) is 0 Å². The van der Waals surface area contributed by atoms with E-state index in [2.05, 4.69) is 239 Å². The summed E-state index contributed by atoms with van der Waals surface area (Å²) in [6.07, 6.45) is 4.50. The monoisotopic (exact) mass is 703 g/mol. The quantitative estimate of drug-likeness (QED) is 0.164. The van der Waals surface area contributed by atoms with E-state index in [-0.39, 0.29) is 0 Å². The van der Waals surface area contributed by atoms with Gasteiger partial charge in [0.05, 0.1) is 11.4 Å². The molecule has 0 aliphatic carbocycles. The number of fused-ring (bicyclic) bond motifs is 4. The number of anilines is 9. The van der Waals surface area contributed by atoms with Crippen LogP contribution in [0.5, 0.6) is 0 Å². The molecule has 0 N–H and O–H groups in total. The molecule has 0 saturated carbocycles. The SMILES string of the molecule is C1=Cc2ccc(N(c3ccccc3)c3ccc4ccccc4c3)cc2N(c2ccccc2)c2cc(N(c3ccccc3)c3ccc4ccccc4c3)ccc21. The number of hydrogen-bond acceptors (Lipinski definition) is 3. The van der Waals surface area contributed by atoms with Gasteiger partial charge in [-0.2, -0.15) is 0 Å². The van der Waals surface area contributed by atoms with E-state index in [0.717, 1.165) is 62.3 Å². The second-order valence-corrected chi connectivity index (χ2v) is 13.9. The third-order valence-corrected chi connectivity index (χ3v) is 10.5. The Morgan fingerprint density at radius 1 is 0.273 bits per heavy atom. The van der Waals surface area contributed by atoms with Crippen molar-refractivity contribution in [2.45, 2.75) is 0 Å². The van der Waals surface area contributed by atoms with Gasteiger partial charge in [0.15, 0.2) is 0 Å². The van der Waals surface area contributed by atoms with Crippen LogP contribution in [0.25, 0.3) is 33.7 Å². The van der Waals surface area contributed by atoms with E-state index in [0.29, 0.717) is 0 Å². The largest absolute Gasteiger partial charge is 0.310 e. The van der Waals surface area contributed by atoms with Gasteiger partial charge < -0.3 is 14.7 Å². The molecule has 1 aliphatic rings. The third kappa shape index (κ3) is 6.08. The fraction of sp³-hybridized carbons (Fsp3) is 0. The number of nitrogens with zero attached hydrogens (tertiary/aromatic N) is 3. The molecule has 10 rings (SSSR count). The fourth-order valence-corrected chi connectivity index (χ4v) is 7.86. The molecule has 0 saturated heterocycles. The lowest BCUT2D eigenvalue weighted by Gasteiger charge is -2.32. The lowest BCUT2D eigenvalue weighted by atomic mass is 10.1. The Kier molecular flexibility index (Phi) is 8.16. The third-order valence-electron chi connectivity index (χ3n) is 10.5. The second kappa shape index (κ2) is 13.9. The molecule has 260 valence electrons. The Balaban J connectivity index is 1.16. The van der Waals surface area contributed by atoms with Crippen LogP contribution in [0.3, 0.4) is 0 Å². The highest BCUT2D eigenvalue weighted by Crippen LogP contribution is 2.48. The number of benzene rings is 9. The van der Waals surface area contributed by atoms with Gasteiger partial charge in [0.2, 0.25) is 0 Å². The second-order valence-electron chi connectivity index (χ2n) is 13.9. The summed E-state index contributed by atoms with van der Waals surface area (Å²) in [5.41, 5.74) is 12.2. The van der Waals surface area contributed by atoms with Crippen LogP contribution in [0.1, 0.15) is 11.1 Å².